The number of halogens is 1. The van der Waals surface area contributed by atoms with E-state index in [9.17, 15) is 0 Å². The Kier molecular flexibility index (Phi) is 2.18. The maximum atomic E-state index is 9.17. The monoisotopic (exact) mass is 197 g/mol. The van der Waals surface area contributed by atoms with Crippen LogP contribution in [-0.4, -0.2) is 11.2 Å². The molecule has 0 spiro atoms. The van der Waals surface area contributed by atoms with E-state index in [1.165, 1.54) is 0 Å². The van der Waals surface area contributed by atoms with Gasteiger partial charge in [-0.25, -0.2) is 0 Å². The van der Waals surface area contributed by atoms with Crippen LogP contribution in [-0.2, 0) is 0 Å². The summed E-state index contributed by atoms with van der Waals surface area (Å²) in [7, 11) is 0. The number of anilines is 1. The summed E-state index contributed by atoms with van der Waals surface area (Å²) in [4.78, 5) is 0. The first-order valence-corrected chi connectivity index (χ1v) is 4.77. The Balaban J connectivity index is 2.24. The number of nitrogens with two attached hydrogens (primary N) is 1. The van der Waals surface area contributed by atoms with E-state index < -0.39 is 0 Å². The van der Waals surface area contributed by atoms with Crippen molar-refractivity contribution in [3.63, 3.8) is 0 Å². The molecule has 0 heterocycles. The molecule has 1 aromatic rings. The van der Waals surface area contributed by atoms with Crippen molar-refractivity contribution >= 4 is 17.3 Å². The second-order valence-corrected chi connectivity index (χ2v) is 4.01. The fourth-order valence-corrected chi connectivity index (χ4v) is 1.99. The molecule has 1 fully saturated rings. The van der Waals surface area contributed by atoms with E-state index in [4.69, 9.17) is 22.4 Å². The van der Waals surface area contributed by atoms with E-state index >= 15 is 0 Å². The van der Waals surface area contributed by atoms with E-state index in [1.807, 2.05) is 12.1 Å². The lowest BCUT2D eigenvalue weighted by molar-refractivity contribution is 0.0747. The molecule has 2 nitrogen and oxygen atoms in total. The molecule has 1 aromatic carbocycles. The van der Waals surface area contributed by atoms with Gasteiger partial charge in [-0.05, 0) is 42.5 Å². The molecule has 13 heavy (non-hydrogen) atoms. The van der Waals surface area contributed by atoms with Gasteiger partial charge in [0, 0.05) is 10.7 Å². The third-order valence-corrected chi connectivity index (χ3v) is 2.92. The van der Waals surface area contributed by atoms with Crippen LogP contribution in [0.4, 0.5) is 5.69 Å². The van der Waals surface area contributed by atoms with Crippen LogP contribution in [0.2, 0.25) is 5.02 Å². The number of aliphatic hydroxyl groups is 1. The zero-order valence-electron chi connectivity index (χ0n) is 7.20. The number of aliphatic hydroxyl groups excluding tert-OH is 1. The van der Waals surface area contributed by atoms with Gasteiger partial charge in [0.15, 0.2) is 0 Å². The van der Waals surface area contributed by atoms with E-state index in [2.05, 4.69) is 0 Å². The molecule has 2 rings (SSSR count). The second kappa shape index (κ2) is 3.20. The maximum Gasteiger partial charge on any atom is 0.0552 e. The molecule has 70 valence electrons. The summed E-state index contributed by atoms with van der Waals surface area (Å²) in [6.07, 6.45) is 1.47. The van der Waals surface area contributed by atoms with Crippen LogP contribution in [0.5, 0.6) is 0 Å². The van der Waals surface area contributed by atoms with Crippen LogP contribution < -0.4 is 5.73 Å². The fraction of sp³-hybridized carbons (Fsp3) is 0.400. The summed E-state index contributed by atoms with van der Waals surface area (Å²) in [6, 6.07) is 5.51. The Bertz CT molecular complexity index is 321. The predicted octanol–water partition coefficient (Wildman–Crippen LogP) is 2.16. The molecular weight excluding hydrogens is 186 g/mol. The van der Waals surface area contributed by atoms with Gasteiger partial charge in [-0.15, -0.1) is 0 Å². The van der Waals surface area contributed by atoms with E-state index in [0.29, 0.717) is 5.92 Å². The standard InChI is InChI=1S/C10H12ClNO/c11-10-2-1-7(12)5-9(10)6-3-8(13)4-6/h1-2,5-6,8,13H,3-4,12H2. The first-order chi connectivity index (χ1) is 6.16. The molecule has 1 aliphatic rings. The highest BCUT2D eigenvalue weighted by molar-refractivity contribution is 6.31. The van der Waals surface area contributed by atoms with Crippen molar-refractivity contribution in [2.75, 3.05) is 5.73 Å². The Morgan fingerprint density at radius 1 is 1.38 bits per heavy atom. The van der Waals surface area contributed by atoms with Crippen LogP contribution in [0.15, 0.2) is 18.2 Å². The van der Waals surface area contributed by atoms with Crippen LogP contribution in [0.25, 0.3) is 0 Å². The van der Waals surface area contributed by atoms with Gasteiger partial charge in [-0.2, -0.15) is 0 Å². The van der Waals surface area contributed by atoms with Gasteiger partial charge in [-0.3, -0.25) is 0 Å². The van der Waals surface area contributed by atoms with Crippen LogP contribution >= 0.6 is 11.6 Å². The highest BCUT2D eigenvalue weighted by atomic mass is 35.5. The zero-order chi connectivity index (χ0) is 9.42. The van der Waals surface area contributed by atoms with Crippen molar-refractivity contribution in [2.45, 2.75) is 24.9 Å². The molecule has 0 saturated heterocycles. The molecule has 0 aliphatic heterocycles. The highest BCUT2D eigenvalue weighted by Gasteiger charge is 2.29. The second-order valence-electron chi connectivity index (χ2n) is 3.60. The molecule has 0 atom stereocenters. The largest absolute Gasteiger partial charge is 0.399 e. The van der Waals surface area contributed by atoms with Crippen LogP contribution in [0, 0.1) is 0 Å². The molecular formula is C10H12ClNO. The number of hydrogen-bond acceptors (Lipinski definition) is 2. The van der Waals surface area contributed by atoms with Gasteiger partial charge in [0.2, 0.25) is 0 Å². The van der Waals surface area contributed by atoms with Crippen molar-refractivity contribution in [3.05, 3.63) is 28.8 Å². The Morgan fingerprint density at radius 2 is 2.08 bits per heavy atom. The highest BCUT2D eigenvalue weighted by Crippen LogP contribution is 2.40. The minimum Gasteiger partial charge on any atom is -0.399 e. The van der Waals surface area contributed by atoms with Crippen LogP contribution in [0.3, 0.4) is 0 Å². The van der Waals surface area contributed by atoms with Crippen molar-refractivity contribution < 1.29 is 5.11 Å². The molecule has 0 aromatic heterocycles. The number of hydrogen-bond donors (Lipinski definition) is 2. The number of benzene rings is 1. The first-order valence-electron chi connectivity index (χ1n) is 4.40. The Morgan fingerprint density at radius 3 is 2.69 bits per heavy atom. The molecule has 0 amide bonds. The molecule has 0 radical (unpaired) electrons. The fourth-order valence-electron chi connectivity index (χ4n) is 1.72. The van der Waals surface area contributed by atoms with Gasteiger partial charge in [-0.1, -0.05) is 11.6 Å². The molecule has 3 N–H and O–H groups in total. The maximum absolute atomic E-state index is 9.17. The molecule has 1 saturated carbocycles. The third-order valence-electron chi connectivity index (χ3n) is 2.57. The van der Waals surface area contributed by atoms with Gasteiger partial charge >= 0.3 is 0 Å². The van der Waals surface area contributed by atoms with E-state index in [1.54, 1.807) is 6.07 Å². The van der Waals surface area contributed by atoms with Crippen LogP contribution in [0.1, 0.15) is 24.3 Å². The molecule has 0 bridgehead atoms. The number of nitrogen functional groups attached to an aromatic ring is 1. The van der Waals surface area contributed by atoms with Crippen molar-refractivity contribution in [3.8, 4) is 0 Å². The molecule has 3 heteroatoms. The smallest absolute Gasteiger partial charge is 0.0552 e. The minimum absolute atomic E-state index is 0.150. The predicted molar refractivity (Wildman–Crippen MR) is 53.8 cm³/mol. The average molecular weight is 198 g/mol. The summed E-state index contributed by atoms with van der Waals surface area (Å²) >= 11 is 6.01. The normalized spacial score (nSPS) is 26.9. The molecule has 1 aliphatic carbocycles. The quantitative estimate of drug-likeness (QED) is 0.678. The first kappa shape index (κ1) is 8.85. The lowest BCUT2D eigenvalue weighted by atomic mass is 9.77. The summed E-state index contributed by atoms with van der Waals surface area (Å²) in [5, 5.41) is 9.92. The summed E-state index contributed by atoms with van der Waals surface area (Å²) < 4.78 is 0. The van der Waals surface area contributed by atoms with Gasteiger partial charge in [0.05, 0.1) is 6.10 Å². The minimum atomic E-state index is -0.150. The zero-order valence-corrected chi connectivity index (χ0v) is 7.96. The lowest BCUT2D eigenvalue weighted by Crippen LogP contribution is -2.26. The van der Waals surface area contributed by atoms with Gasteiger partial charge in [0.1, 0.15) is 0 Å². The van der Waals surface area contributed by atoms with Crippen molar-refractivity contribution in [1.29, 1.82) is 0 Å². The lowest BCUT2D eigenvalue weighted by Gasteiger charge is -2.32. The molecule has 0 unspecified atom stereocenters. The van der Waals surface area contributed by atoms with Crippen molar-refractivity contribution in [1.82, 2.24) is 0 Å². The Labute approximate surface area is 82.3 Å². The topological polar surface area (TPSA) is 46.2 Å². The average Bonchev–Trinajstić information content (AvgIpc) is 2.04. The third kappa shape index (κ3) is 1.64. The van der Waals surface area contributed by atoms with E-state index in [0.717, 1.165) is 29.1 Å². The summed E-state index contributed by atoms with van der Waals surface area (Å²) in [6.45, 7) is 0. The van der Waals surface area contributed by atoms with Crippen molar-refractivity contribution in [2.24, 2.45) is 0 Å². The number of rotatable bonds is 1. The van der Waals surface area contributed by atoms with Gasteiger partial charge in [0.25, 0.3) is 0 Å². The van der Waals surface area contributed by atoms with Gasteiger partial charge < -0.3 is 10.8 Å². The summed E-state index contributed by atoms with van der Waals surface area (Å²) in [5.74, 6) is 0.394. The van der Waals surface area contributed by atoms with E-state index in [-0.39, 0.29) is 6.10 Å². The summed E-state index contributed by atoms with van der Waals surface area (Å²) in [5.41, 5.74) is 7.47. The Hall–Kier alpha value is -0.730. The SMILES string of the molecule is Nc1ccc(Cl)c(C2CC(O)C2)c1.